The standard InChI is InChI=1S/C18H17N5OS/c1-11-5-7-13(8-6-11)20-17-21-16(14-4-3-9-25-14)23-15(24)10-12(2)19-18(23)22-17/h3-10,16H,1-2H3,(H2,19,20,21,22). The van der Waals surface area contributed by atoms with E-state index in [4.69, 9.17) is 4.99 Å². The number of nitrogens with zero attached hydrogens (tertiary/aromatic N) is 3. The van der Waals surface area contributed by atoms with Crippen LogP contribution >= 0.6 is 11.3 Å². The summed E-state index contributed by atoms with van der Waals surface area (Å²) < 4.78 is 1.58. The van der Waals surface area contributed by atoms with Gasteiger partial charge in [0.05, 0.1) is 0 Å². The molecule has 0 saturated heterocycles. The van der Waals surface area contributed by atoms with Gasteiger partial charge >= 0.3 is 0 Å². The fraction of sp³-hybridized carbons (Fsp3) is 0.167. The summed E-state index contributed by atoms with van der Waals surface area (Å²) in [6, 6.07) is 13.5. The van der Waals surface area contributed by atoms with Crippen molar-refractivity contribution in [3.63, 3.8) is 0 Å². The van der Waals surface area contributed by atoms with Gasteiger partial charge in [-0.15, -0.1) is 11.3 Å². The Morgan fingerprint density at radius 3 is 2.72 bits per heavy atom. The van der Waals surface area contributed by atoms with Gasteiger partial charge in [-0.05, 0) is 37.4 Å². The number of aryl methyl sites for hydroxylation is 2. The van der Waals surface area contributed by atoms with Crippen LogP contribution in [0.15, 0.2) is 57.6 Å². The number of aromatic nitrogens is 2. The van der Waals surface area contributed by atoms with E-state index < -0.39 is 6.17 Å². The number of nitrogens with one attached hydrogen (secondary N) is 2. The molecule has 0 radical (unpaired) electrons. The average Bonchev–Trinajstić information content (AvgIpc) is 3.10. The van der Waals surface area contributed by atoms with Gasteiger partial charge in [0.25, 0.3) is 5.56 Å². The van der Waals surface area contributed by atoms with Crippen LogP contribution in [0, 0.1) is 13.8 Å². The zero-order chi connectivity index (χ0) is 17.4. The average molecular weight is 351 g/mol. The van der Waals surface area contributed by atoms with Crippen molar-refractivity contribution in [3.8, 4) is 0 Å². The van der Waals surface area contributed by atoms with Gasteiger partial charge in [0, 0.05) is 22.3 Å². The van der Waals surface area contributed by atoms with E-state index in [9.17, 15) is 4.79 Å². The molecule has 0 saturated carbocycles. The van der Waals surface area contributed by atoms with E-state index in [-0.39, 0.29) is 5.56 Å². The van der Waals surface area contributed by atoms with E-state index in [1.807, 2.05) is 55.6 Å². The topological polar surface area (TPSA) is 71.3 Å². The fourth-order valence-corrected chi connectivity index (χ4v) is 3.47. The largest absolute Gasteiger partial charge is 0.326 e. The van der Waals surface area contributed by atoms with Crippen LogP contribution in [-0.2, 0) is 0 Å². The maximum Gasteiger partial charge on any atom is 0.257 e. The van der Waals surface area contributed by atoms with Gasteiger partial charge in [-0.3, -0.25) is 14.7 Å². The van der Waals surface area contributed by atoms with Crippen molar-refractivity contribution in [3.05, 3.63) is 74.3 Å². The monoisotopic (exact) mass is 351 g/mol. The minimum atomic E-state index is -0.426. The molecule has 0 amide bonds. The predicted octanol–water partition coefficient (Wildman–Crippen LogP) is 3.36. The smallest absolute Gasteiger partial charge is 0.257 e. The number of anilines is 2. The van der Waals surface area contributed by atoms with Gasteiger partial charge in [-0.2, -0.15) is 0 Å². The van der Waals surface area contributed by atoms with Crippen LogP contribution in [0.3, 0.4) is 0 Å². The van der Waals surface area contributed by atoms with E-state index in [0.29, 0.717) is 17.6 Å². The van der Waals surface area contributed by atoms with Crippen molar-refractivity contribution in [1.29, 1.82) is 0 Å². The summed E-state index contributed by atoms with van der Waals surface area (Å²) in [6.45, 7) is 3.85. The minimum Gasteiger partial charge on any atom is -0.326 e. The first-order valence-corrected chi connectivity index (χ1v) is 8.80. The van der Waals surface area contributed by atoms with Crippen molar-refractivity contribution in [2.45, 2.75) is 20.0 Å². The molecule has 0 fully saturated rings. The number of aliphatic imine (C=N–C) groups is 1. The zero-order valence-corrected chi connectivity index (χ0v) is 14.7. The molecule has 0 bridgehead atoms. The lowest BCUT2D eigenvalue weighted by Gasteiger charge is -2.26. The first-order chi connectivity index (χ1) is 12.1. The lowest BCUT2D eigenvalue weighted by molar-refractivity contribution is 0.586. The number of guanidine groups is 1. The van der Waals surface area contributed by atoms with Crippen molar-refractivity contribution in [1.82, 2.24) is 9.55 Å². The van der Waals surface area contributed by atoms with Gasteiger partial charge < -0.3 is 5.32 Å². The summed E-state index contributed by atoms with van der Waals surface area (Å²) in [5.41, 5.74) is 2.66. The van der Waals surface area contributed by atoms with Crippen molar-refractivity contribution >= 4 is 28.9 Å². The Balaban J connectivity index is 1.76. The van der Waals surface area contributed by atoms with Gasteiger partial charge in [0.2, 0.25) is 11.9 Å². The van der Waals surface area contributed by atoms with Crippen LogP contribution in [-0.4, -0.2) is 15.5 Å². The van der Waals surface area contributed by atoms with Gasteiger partial charge in [0.1, 0.15) is 0 Å². The lowest BCUT2D eigenvalue weighted by Crippen LogP contribution is -2.37. The second kappa shape index (κ2) is 6.18. The molecule has 1 unspecified atom stereocenters. The van der Waals surface area contributed by atoms with Crippen molar-refractivity contribution in [2.24, 2.45) is 4.99 Å². The summed E-state index contributed by atoms with van der Waals surface area (Å²) in [6.07, 6.45) is -0.426. The van der Waals surface area contributed by atoms with E-state index in [2.05, 4.69) is 15.6 Å². The fourth-order valence-electron chi connectivity index (χ4n) is 2.71. The molecule has 126 valence electrons. The highest BCUT2D eigenvalue weighted by Crippen LogP contribution is 2.28. The van der Waals surface area contributed by atoms with Crippen LogP contribution < -0.4 is 16.2 Å². The van der Waals surface area contributed by atoms with Gasteiger partial charge in [0.15, 0.2) is 6.17 Å². The molecule has 1 aromatic carbocycles. The molecular formula is C18H17N5OS. The normalized spacial score (nSPS) is 15.9. The molecule has 3 aromatic rings. The van der Waals surface area contributed by atoms with Gasteiger partial charge in [-0.1, -0.05) is 23.8 Å². The molecule has 3 heterocycles. The summed E-state index contributed by atoms with van der Waals surface area (Å²) in [4.78, 5) is 22.7. The molecule has 0 aliphatic carbocycles. The molecule has 1 aliphatic rings. The van der Waals surface area contributed by atoms with Crippen LogP contribution in [0.2, 0.25) is 0 Å². The van der Waals surface area contributed by atoms with Crippen molar-refractivity contribution in [2.75, 3.05) is 10.6 Å². The SMILES string of the molecule is Cc1ccc(NC2=NC(c3cccs3)n3c(nc(C)cc3=O)N2)cc1. The maximum atomic E-state index is 12.5. The van der Waals surface area contributed by atoms with E-state index in [1.54, 1.807) is 15.9 Å². The second-order valence-electron chi connectivity index (χ2n) is 5.91. The molecule has 7 heteroatoms. The van der Waals surface area contributed by atoms with Gasteiger partial charge in [-0.25, -0.2) is 9.98 Å². The summed E-state index contributed by atoms with van der Waals surface area (Å²) in [5, 5.41) is 8.38. The first-order valence-electron chi connectivity index (χ1n) is 7.92. The molecule has 25 heavy (non-hydrogen) atoms. The molecule has 1 aliphatic heterocycles. The van der Waals surface area contributed by atoms with E-state index >= 15 is 0 Å². The second-order valence-corrected chi connectivity index (χ2v) is 6.89. The number of thiophene rings is 1. The summed E-state index contributed by atoms with van der Waals surface area (Å²) >= 11 is 1.57. The Hall–Kier alpha value is -2.93. The Morgan fingerprint density at radius 2 is 2.00 bits per heavy atom. The first kappa shape index (κ1) is 15.6. The van der Waals surface area contributed by atoms with Crippen LogP contribution in [0.4, 0.5) is 11.6 Å². The highest BCUT2D eigenvalue weighted by molar-refractivity contribution is 7.10. The Bertz CT molecular complexity index is 989. The third-order valence-electron chi connectivity index (χ3n) is 3.92. The van der Waals surface area contributed by atoms with E-state index in [0.717, 1.165) is 10.6 Å². The molecule has 1 atom stereocenters. The number of fused-ring (bicyclic) bond motifs is 1. The van der Waals surface area contributed by atoms with Crippen LogP contribution in [0.5, 0.6) is 0 Å². The Labute approximate surface area is 148 Å². The Morgan fingerprint density at radius 1 is 1.20 bits per heavy atom. The van der Waals surface area contributed by atoms with Crippen molar-refractivity contribution < 1.29 is 0 Å². The molecule has 6 nitrogen and oxygen atoms in total. The molecule has 2 aromatic heterocycles. The number of rotatable bonds is 2. The third-order valence-corrected chi connectivity index (χ3v) is 4.83. The highest BCUT2D eigenvalue weighted by atomic mass is 32.1. The number of hydrogen-bond donors (Lipinski definition) is 2. The summed E-state index contributed by atoms with van der Waals surface area (Å²) in [5.74, 6) is 1.06. The lowest BCUT2D eigenvalue weighted by atomic mass is 10.2. The molecule has 4 rings (SSSR count). The highest BCUT2D eigenvalue weighted by Gasteiger charge is 2.25. The van der Waals surface area contributed by atoms with Crippen LogP contribution in [0.25, 0.3) is 0 Å². The number of benzene rings is 1. The van der Waals surface area contributed by atoms with Crippen LogP contribution in [0.1, 0.15) is 22.3 Å². The van der Waals surface area contributed by atoms with E-state index in [1.165, 1.54) is 11.6 Å². The molecule has 2 N–H and O–H groups in total. The Kier molecular flexibility index (Phi) is 3.85. The summed E-state index contributed by atoms with van der Waals surface area (Å²) in [7, 11) is 0. The maximum absolute atomic E-state index is 12.5. The third kappa shape index (κ3) is 3.06. The number of hydrogen-bond acceptors (Lipinski definition) is 6. The predicted molar refractivity (Wildman–Crippen MR) is 102 cm³/mol. The molecule has 0 spiro atoms. The zero-order valence-electron chi connectivity index (χ0n) is 13.9. The molecular weight excluding hydrogens is 334 g/mol. The quantitative estimate of drug-likeness (QED) is 0.743. The minimum absolute atomic E-state index is 0.119.